The van der Waals surface area contributed by atoms with E-state index in [-0.39, 0.29) is 36.1 Å². The fourth-order valence-corrected chi connectivity index (χ4v) is 6.23. The van der Waals surface area contributed by atoms with Crippen molar-refractivity contribution in [1.82, 2.24) is 19.5 Å². The molecule has 12 nitrogen and oxygen atoms in total. The number of imidazole rings is 1. The minimum absolute atomic E-state index is 0.0532. The van der Waals surface area contributed by atoms with Crippen LogP contribution in [0.4, 0.5) is 10.3 Å². The van der Waals surface area contributed by atoms with Gasteiger partial charge in [0.1, 0.15) is 31.2 Å². The number of rotatable bonds is 25. The van der Waals surface area contributed by atoms with Crippen molar-refractivity contribution in [1.29, 1.82) is 0 Å². The number of nitrogens with zero attached hydrogens (tertiary/aromatic N) is 3. The molecule has 278 valence electrons. The lowest BCUT2D eigenvalue weighted by Gasteiger charge is -2.22. The molecule has 0 aromatic carbocycles. The molecule has 1 aliphatic rings. The molecule has 1 aliphatic heterocycles. The second-order valence-electron chi connectivity index (χ2n) is 13.7. The number of aromatic nitrogens is 4. The Kier molecular flexibility index (Phi) is 18.0. The van der Waals surface area contributed by atoms with Crippen LogP contribution in [0.5, 0.6) is 0 Å². The Morgan fingerprint density at radius 1 is 0.980 bits per heavy atom. The van der Waals surface area contributed by atoms with Crippen LogP contribution in [0.1, 0.15) is 149 Å². The Labute approximate surface area is 290 Å². The van der Waals surface area contributed by atoms with Gasteiger partial charge in [0.15, 0.2) is 17.3 Å². The van der Waals surface area contributed by atoms with Crippen molar-refractivity contribution >= 4 is 29.1 Å². The highest BCUT2D eigenvalue weighted by Gasteiger charge is 2.39. The Balaban J connectivity index is 1.40. The summed E-state index contributed by atoms with van der Waals surface area (Å²) in [7, 11) is 0. The molecule has 0 saturated carbocycles. The van der Waals surface area contributed by atoms with Crippen LogP contribution in [0, 0.1) is 5.92 Å². The van der Waals surface area contributed by atoms with E-state index < -0.39 is 48.1 Å². The molecule has 3 heterocycles. The zero-order valence-electron chi connectivity index (χ0n) is 30.0. The van der Waals surface area contributed by atoms with Gasteiger partial charge < -0.3 is 25.7 Å². The summed E-state index contributed by atoms with van der Waals surface area (Å²) in [5.41, 5.74) is 11.5. The van der Waals surface area contributed by atoms with Crippen molar-refractivity contribution in [2.45, 2.75) is 173 Å². The van der Waals surface area contributed by atoms with Crippen LogP contribution in [0.2, 0.25) is 0 Å². The van der Waals surface area contributed by atoms with Crippen molar-refractivity contribution in [3.05, 3.63) is 16.7 Å². The number of aromatic amines is 1. The number of nitrogens with two attached hydrogens (primary N) is 2. The number of alkyl halides is 1. The van der Waals surface area contributed by atoms with Gasteiger partial charge in [-0.15, -0.1) is 0 Å². The summed E-state index contributed by atoms with van der Waals surface area (Å²) in [6.45, 7) is 5.67. The van der Waals surface area contributed by atoms with E-state index in [0.29, 0.717) is 19.3 Å². The van der Waals surface area contributed by atoms with Gasteiger partial charge >= 0.3 is 11.9 Å². The molecular formula is C36H61FN6O6. The van der Waals surface area contributed by atoms with Crippen molar-refractivity contribution < 1.29 is 28.2 Å². The highest BCUT2D eigenvalue weighted by molar-refractivity contribution is 5.82. The first kappa shape index (κ1) is 40.4. The van der Waals surface area contributed by atoms with Crippen LogP contribution in [-0.2, 0) is 23.8 Å². The number of nitrogens with one attached hydrogen (secondary N) is 1. The normalized spacial score (nSPS) is 19.6. The van der Waals surface area contributed by atoms with E-state index in [1.165, 1.54) is 87.9 Å². The summed E-state index contributed by atoms with van der Waals surface area (Å²) in [6.07, 6.45) is 17.4. The van der Waals surface area contributed by atoms with Crippen molar-refractivity contribution in [3.63, 3.8) is 0 Å². The second-order valence-corrected chi connectivity index (χ2v) is 13.7. The quantitative estimate of drug-likeness (QED) is 0.0740. The highest BCUT2D eigenvalue weighted by Crippen LogP contribution is 2.32. The standard InChI is InChI=1S/C36H61FN6O6/c1-4-6-7-8-9-10-11-12-13-14-15-16-17-18-19-20-21-27(49-35(46)30(38)25(3)5-2)34(45)47-23-28-26(37)22-29(48-28)43-24-40-31-32(43)41-36(39)42-33(31)44/h24-30H,4-23,38H2,1-3H3,(H3,39,41,42,44)/t25-,26-,27?,28+,29+,30-/m0/s1. The Hall–Kier alpha value is -3.06. The molecule has 0 bridgehead atoms. The molecule has 1 fully saturated rings. The van der Waals surface area contributed by atoms with E-state index in [4.69, 9.17) is 25.7 Å². The van der Waals surface area contributed by atoms with E-state index in [1.807, 2.05) is 13.8 Å². The average molecular weight is 693 g/mol. The number of nitrogen functional groups attached to an aromatic ring is 1. The van der Waals surface area contributed by atoms with E-state index in [2.05, 4.69) is 21.9 Å². The molecule has 0 amide bonds. The summed E-state index contributed by atoms with van der Waals surface area (Å²) in [5, 5.41) is 0. The molecule has 2 aromatic rings. The minimum atomic E-state index is -1.46. The summed E-state index contributed by atoms with van der Waals surface area (Å²) < 4.78 is 33.4. The number of carbonyl (C=O) groups is 2. The first-order valence-corrected chi connectivity index (χ1v) is 18.8. The van der Waals surface area contributed by atoms with Gasteiger partial charge in [-0.3, -0.25) is 19.1 Å². The van der Waals surface area contributed by atoms with Gasteiger partial charge in [0.25, 0.3) is 5.56 Å². The number of hydrogen-bond acceptors (Lipinski definition) is 10. The highest BCUT2D eigenvalue weighted by atomic mass is 19.1. The summed E-state index contributed by atoms with van der Waals surface area (Å²) in [4.78, 5) is 48.6. The Morgan fingerprint density at radius 2 is 1.55 bits per heavy atom. The molecule has 6 atom stereocenters. The van der Waals surface area contributed by atoms with Crippen molar-refractivity contribution in [3.8, 4) is 0 Å². The monoisotopic (exact) mass is 692 g/mol. The number of hydrogen-bond donors (Lipinski definition) is 3. The lowest BCUT2D eigenvalue weighted by molar-refractivity contribution is -0.173. The van der Waals surface area contributed by atoms with Crippen LogP contribution in [0.3, 0.4) is 0 Å². The molecule has 0 radical (unpaired) electrons. The SMILES string of the molecule is CCCCCCCCCCCCCCCCCCC(OC(=O)[C@@H](N)[C@@H](C)CC)C(=O)OC[C@H]1O[C@@H](n2cnc3c(=O)[nH]c(N)nc32)C[C@@H]1F. The Morgan fingerprint density at radius 3 is 2.12 bits per heavy atom. The van der Waals surface area contributed by atoms with E-state index in [9.17, 15) is 14.4 Å². The number of esters is 2. The first-order valence-electron chi connectivity index (χ1n) is 18.8. The number of unbranched alkanes of at least 4 members (excludes halogenated alkanes) is 15. The molecule has 13 heteroatoms. The average Bonchev–Trinajstić information content (AvgIpc) is 3.68. The maximum atomic E-state index is 15.0. The van der Waals surface area contributed by atoms with Gasteiger partial charge in [-0.1, -0.05) is 124 Å². The van der Waals surface area contributed by atoms with Gasteiger partial charge in [0, 0.05) is 6.42 Å². The van der Waals surface area contributed by atoms with E-state index >= 15 is 4.39 Å². The van der Waals surface area contributed by atoms with Crippen LogP contribution in [-0.4, -0.2) is 62.5 Å². The van der Waals surface area contributed by atoms with E-state index in [1.54, 1.807) is 0 Å². The van der Waals surface area contributed by atoms with Crippen LogP contribution >= 0.6 is 0 Å². The van der Waals surface area contributed by atoms with E-state index in [0.717, 1.165) is 19.3 Å². The summed E-state index contributed by atoms with van der Waals surface area (Å²) in [5.74, 6) is -1.62. The fraction of sp³-hybridized carbons (Fsp3) is 0.806. The lowest BCUT2D eigenvalue weighted by Crippen LogP contribution is -2.42. The van der Waals surface area contributed by atoms with Crippen molar-refractivity contribution in [2.75, 3.05) is 12.3 Å². The molecule has 5 N–H and O–H groups in total. The lowest BCUT2D eigenvalue weighted by atomic mass is 10.0. The number of halogens is 1. The number of ether oxygens (including phenoxy) is 3. The summed E-state index contributed by atoms with van der Waals surface area (Å²) >= 11 is 0. The van der Waals surface area contributed by atoms with Gasteiger partial charge in [-0.05, 0) is 18.8 Å². The third kappa shape index (κ3) is 13.3. The molecule has 1 unspecified atom stereocenters. The molecule has 49 heavy (non-hydrogen) atoms. The van der Waals surface area contributed by atoms with Crippen molar-refractivity contribution in [2.24, 2.45) is 11.7 Å². The van der Waals surface area contributed by atoms with Crippen LogP contribution < -0.4 is 17.0 Å². The van der Waals surface area contributed by atoms with Gasteiger partial charge in [-0.2, -0.15) is 4.98 Å². The third-order valence-electron chi connectivity index (χ3n) is 9.68. The third-order valence-corrected chi connectivity index (χ3v) is 9.68. The number of fused-ring (bicyclic) bond motifs is 1. The number of anilines is 1. The number of carbonyl (C=O) groups excluding carboxylic acids is 2. The zero-order chi connectivity index (χ0) is 35.6. The predicted molar refractivity (Wildman–Crippen MR) is 188 cm³/mol. The van der Waals surface area contributed by atoms with Gasteiger partial charge in [-0.25, -0.2) is 14.2 Å². The Bertz CT molecular complexity index is 1320. The largest absolute Gasteiger partial charge is 0.460 e. The zero-order valence-corrected chi connectivity index (χ0v) is 30.0. The molecular weight excluding hydrogens is 631 g/mol. The van der Waals surface area contributed by atoms with Gasteiger partial charge in [0.2, 0.25) is 5.95 Å². The molecule has 2 aromatic heterocycles. The molecule has 3 rings (SSSR count). The second kappa shape index (κ2) is 21.9. The smallest absolute Gasteiger partial charge is 0.347 e. The topological polar surface area (TPSA) is 177 Å². The predicted octanol–water partition coefficient (Wildman–Crippen LogP) is 6.81. The van der Waals surface area contributed by atoms with Gasteiger partial charge in [0.05, 0.1) is 6.33 Å². The molecule has 0 aliphatic carbocycles. The maximum Gasteiger partial charge on any atom is 0.347 e. The fourth-order valence-electron chi connectivity index (χ4n) is 6.23. The summed E-state index contributed by atoms with van der Waals surface area (Å²) in [6, 6.07) is -0.861. The maximum absolute atomic E-state index is 15.0. The minimum Gasteiger partial charge on any atom is -0.460 e. The number of H-pyrrole nitrogens is 1. The molecule has 0 spiro atoms. The van der Waals surface area contributed by atoms with Crippen LogP contribution in [0.15, 0.2) is 11.1 Å². The first-order chi connectivity index (χ1) is 23.7. The molecule has 1 saturated heterocycles. The van der Waals surface area contributed by atoms with Crippen LogP contribution in [0.25, 0.3) is 11.2 Å².